The summed E-state index contributed by atoms with van der Waals surface area (Å²) in [5, 5.41) is 18.7. The van der Waals surface area contributed by atoms with E-state index in [0.717, 1.165) is 12.7 Å². The maximum atomic E-state index is 11.1. The molecule has 24 heavy (non-hydrogen) atoms. The minimum atomic E-state index is -1.01. The molecule has 5 nitrogen and oxygen atoms in total. The van der Waals surface area contributed by atoms with E-state index in [1.54, 1.807) is 18.2 Å². The van der Waals surface area contributed by atoms with Crippen LogP contribution in [0.2, 0.25) is 0 Å². The molecule has 2 aromatic carbocycles. The van der Waals surface area contributed by atoms with Crippen LogP contribution in [0.1, 0.15) is 5.56 Å². The number of carbonyl (C=O) groups is 1. The zero-order chi connectivity index (χ0) is 17.9. The van der Waals surface area contributed by atoms with Gasteiger partial charge in [-0.1, -0.05) is 0 Å². The largest absolute Gasteiger partial charge is 0.507 e. The van der Waals surface area contributed by atoms with E-state index in [4.69, 9.17) is 21.6 Å². The minimum Gasteiger partial charge on any atom is -0.507 e. The van der Waals surface area contributed by atoms with Gasteiger partial charge in [0.1, 0.15) is 17.5 Å². The van der Waals surface area contributed by atoms with Gasteiger partial charge in [-0.15, -0.1) is 0 Å². The molecule has 0 aliphatic heterocycles. The molecule has 0 saturated carbocycles. The van der Waals surface area contributed by atoms with Crippen LogP contribution in [-0.2, 0) is 11.2 Å². The Hall–Kier alpha value is -0.0500. The molecular weight excluding hydrogens is 674 g/mol. The molecule has 0 amide bonds. The standard InChI is InChI=1S/C15H11ClI3NO4/c16-20-12(15(22)23)5-7-3-10(18)14(11(19)4-7)24-8-1-2-13(21)9(17)6-8/h1-4,6,12,20-21H,5H2,(H,22,23)/t12-/m0/s1. The summed E-state index contributed by atoms with van der Waals surface area (Å²) >= 11 is 11.8. The van der Waals surface area contributed by atoms with Gasteiger partial charge < -0.3 is 14.9 Å². The number of carboxylic acids is 1. The molecule has 9 heteroatoms. The van der Waals surface area contributed by atoms with Crippen LogP contribution in [0, 0.1) is 10.7 Å². The molecule has 0 aliphatic rings. The van der Waals surface area contributed by atoms with E-state index in [0.29, 0.717) is 15.1 Å². The van der Waals surface area contributed by atoms with Crippen LogP contribution < -0.4 is 9.57 Å². The van der Waals surface area contributed by atoms with E-state index in [9.17, 15) is 9.90 Å². The van der Waals surface area contributed by atoms with Gasteiger partial charge in [-0.05, 0) is 122 Å². The Balaban J connectivity index is 2.26. The molecule has 0 aliphatic carbocycles. The summed E-state index contributed by atoms with van der Waals surface area (Å²) < 4.78 is 8.33. The third-order valence-corrected chi connectivity index (χ3v) is 5.80. The second kappa shape index (κ2) is 9.05. The molecule has 0 spiro atoms. The molecule has 0 aromatic heterocycles. The first-order valence-corrected chi connectivity index (χ1v) is 10.2. The Morgan fingerprint density at radius 3 is 2.29 bits per heavy atom. The lowest BCUT2D eigenvalue weighted by atomic mass is 10.1. The Morgan fingerprint density at radius 1 is 1.17 bits per heavy atom. The highest BCUT2D eigenvalue weighted by Gasteiger charge is 2.18. The van der Waals surface area contributed by atoms with Crippen molar-refractivity contribution in [2.24, 2.45) is 0 Å². The molecule has 1 atom stereocenters. The lowest BCUT2D eigenvalue weighted by molar-refractivity contribution is -0.138. The number of hydrogen-bond donors (Lipinski definition) is 3. The monoisotopic (exact) mass is 685 g/mol. The third kappa shape index (κ3) is 5.22. The SMILES string of the molecule is O=C(O)[C@H](Cc1cc(I)c(Oc2ccc(O)c(I)c2)c(I)c1)NCl. The van der Waals surface area contributed by atoms with Gasteiger partial charge in [0, 0.05) is 0 Å². The highest BCUT2D eigenvalue weighted by molar-refractivity contribution is 14.1. The minimum absolute atomic E-state index is 0.205. The molecule has 0 unspecified atom stereocenters. The molecule has 128 valence electrons. The van der Waals surface area contributed by atoms with Crippen LogP contribution in [-0.4, -0.2) is 22.2 Å². The summed E-state index contributed by atoms with van der Waals surface area (Å²) in [5.74, 6) is 0.503. The topological polar surface area (TPSA) is 78.8 Å². The van der Waals surface area contributed by atoms with Gasteiger partial charge in [0.05, 0.1) is 10.7 Å². The van der Waals surface area contributed by atoms with Crippen molar-refractivity contribution in [3.63, 3.8) is 0 Å². The maximum absolute atomic E-state index is 11.1. The molecule has 2 rings (SSSR count). The summed E-state index contributed by atoms with van der Waals surface area (Å²) in [4.78, 5) is 13.3. The number of phenolic OH excluding ortho intramolecular Hbond substituents is 1. The first kappa shape index (κ1) is 20.3. The first-order valence-electron chi connectivity index (χ1n) is 6.55. The number of nitrogens with one attached hydrogen (secondary N) is 1. The van der Waals surface area contributed by atoms with E-state index in [1.165, 1.54) is 0 Å². The van der Waals surface area contributed by atoms with Gasteiger partial charge in [0.2, 0.25) is 0 Å². The number of halogens is 4. The Bertz CT molecular complexity index is 749. The van der Waals surface area contributed by atoms with Crippen molar-refractivity contribution in [1.82, 2.24) is 4.84 Å². The number of phenols is 1. The molecule has 2 aromatic rings. The van der Waals surface area contributed by atoms with Crippen LogP contribution >= 0.6 is 79.5 Å². The lowest BCUT2D eigenvalue weighted by Crippen LogP contribution is -2.32. The summed E-state index contributed by atoms with van der Waals surface area (Å²) in [5.41, 5.74) is 0.844. The van der Waals surface area contributed by atoms with Crippen molar-refractivity contribution in [3.05, 3.63) is 46.6 Å². The van der Waals surface area contributed by atoms with Gasteiger partial charge in [-0.25, -0.2) is 4.84 Å². The number of hydrogen-bond acceptors (Lipinski definition) is 4. The Morgan fingerprint density at radius 2 is 1.79 bits per heavy atom. The smallest absolute Gasteiger partial charge is 0.322 e. The van der Waals surface area contributed by atoms with Crippen molar-refractivity contribution in [2.45, 2.75) is 12.5 Å². The van der Waals surface area contributed by atoms with E-state index in [2.05, 4.69) is 50.0 Å². The van der Waals surface area contributed by atoms with Crippen LogP contribution in [0.25, 0.3) is 0 Å². The molecular formula is C15H11ClI3NO4. The highest BCUT2D eigenvalue weighted by Crippen LogP contribution is 2.35. The van der Waals surface area contributed by atoms with Crippen molar-refractivity contribution in [2.75, 3.05) is 0 Å². The molecule has 0 radical (unpaired) electrons. The second-order valence-corrected chi connectivity index (χ2v) is 8.51. The van der Waals surface area contributed by atoms with Crippen molar-refractivity contribution in [1.29, 1.82) is 0 Å². The van der Waals surface area contributed by atoms with Crippen molar-refractivity contribution < 1.29 is 19.7 Å². The van der Waals surface area contributed by atoms with Gasteiger partial charge in [0.25, 0.3) is 0 Å². The average Bonchev–Trinajstić information content (AvgIpc) is 2.51. The molecule has 0 fully saturated rings. The third-order valence-electron chi connectivity index (χ3n) is 3.07. The second-order valence-electron chi connectivity index (χ2n) is 4.81. The quantitative estimate of drug-likeness (QED) is 0.303. The average molecular weight is 685 g/mol. The molecule has 0 heterocycles. The van der Waals surface area contributed by atoms with E-state index < -0.39 is 12.0 Å². The van der Waals surface area contributed by atoms with Gasteiger partial charge >= 0.3 is 5.97 Å². The van der Waals surface area contributed by atoms with Crippen molar-refractivity contribution >= 4 is 85.5 Å². The number of ether oxygens (including phenoxy) is 1. The normalized spacial score (nSPS) is 12.0. The molecule has 0 saturated heterocycles. The fourth-order valence-corrected chi connectivity index (χ4v) is 4.68. The van der Waals surface area contributed by atoms with Gasteiger partial charge in [0.15, 0.2) is 5.75 Å². The zero-order valence-corrected chi connectivity index (χ0v) is 19.1. The summed E-state index contributed by atoms with van der Waals surface area (Å²) in [6.45, 7) is 0. The Labute approximate surface area is 184 Å². The summed E-state index contributed by atoms with van der Waals surface area (Å²) in [7, 11) is 0. The van der Waals surface area contributed by atoms with Crippen LogP contribution in [0.4, 0.5) is 0 Å². The van der Waals surface area contributed by atoms with E-state index >= 15 is 0 Å². The number of aliphatic carboxylic acids is 1. The highest BCUT2D eigenvalue weighted by atomic mass is 127. The Kier molecular flexibility index (Phi) is 7.64. The number of aromatic hydroxyl groups is 1. The number of carboxylic acid groups (broad SMARTS) is 1. The summed E-state index contributed by atoms with van der Waals surface area (Å²) in [6.07, 6.45) is 0.266. The maximum Gasteiger partial charge on any atom is 0.322 e. The van der Waals surface area contributed by atoms with E-state index in [-0.39, 0.29) is 12.2 Å². The first-order chi connectivity index (χ1) is 11.3. The van der Waals surface area contributed by atoms with Crippen LogP contribution in [0.3, 0.4) is 0 Å². The summed E-state index contributed by atoms with van der Waals surface area (Å²) in [6, 6.07) is 7.89. The predicted octanol–water partition coefficient (Wildman–Crippen LogP) is 4.74. The lowest BCUT2D eigenvalue weighted by Gasteiger charge is -2.14. The zero-order valence-electron chi connectivity index (χ0n) is 11.9. The fourth-order valence-electron chi connectivity index (χ4n) is 1.90. The van der Waals surface area contributed by atoms with Gasteiger partial charge in [-0.2, -0.15) is 0 Å². The molecule has 0 bridgehead atoms. The van der Waals surface area contributed by atoms with Crippen LogP contribution in [0.15, 0.2) is 30.3 Å². The number of rotatable bonds is 6. The predicted molar refractivity (Wildman–Crippen MR) is 117 cm³/mol. The van der Waals surface area contributed by atoms with Crippen LogP contribution in [0.5, 0.6) is 17.2 Å². The fraction of sp³-hybridized carbons (Fsp3) is 0.133. The molecule has 3 N–H and O–H groups in total. The van der Waals surface area contributed by atoms with Crippen molar-refractivity contribution in [3.8, 4) is 17.2 Å². The number of benzene rings is 2. The van der Waals surface area contributed by atoms with Gasteiger partial charge in [-0.3, -0.25) is 4.79 Å². The van der Waals surface area contributed by atoms with E-state index in [1.807, 2.05) is 34.7 Å².